The van der Waals surface area contributed by atoms with Gasteiger partial charge in [-0.05, 0) is 42.7 Å². The van der Waals surface area contributed by atoms with Crippen LogP contribution in [0.4, 0.5) is 0 Å². The number of hydrogen-bond acceptors (Lipinski definition) is 3. The minimum absolute atomic E-state index is 0.227. The molecule has 0 radical (unpaired) electrons. The number of carboxylic acid groups (broad SMARTS) is 1. The highest BCUT2D eigenvalue weighted by atomic mass is 16.4. The summed E-state index contributed by atoms with van der Waals surface area (Å²) in [5.41, 5.74) is 4.23. The molecule has 3 rings (SSSR count). The molecule has 0 bridgehead atoms. The smallest absolute Gasteiger partial charge is 0.326 e. The quantitative estimate of drug-likeness (QED) is 0.742. The minimum Gasteiger partial charge on any atom is -0.480 e. The molecule has 2 N–H and O–H groups in total. The third-order valence-corrected chi connectivity index (χ3v) is 4.51. The summed E-state index contributed by atoms with van der Waals surface area (Å²) in [6, 6.07) is 13.7. The lowest BCUT2D eigenvalue weighted by Gasteiger charge is -2.16. The summed E-state index contributed by atoms with van der Waals surface area (Å²) in [5, 5.41) is 12.9. The molecule has 5 heteroatoms. The van der Waals surface area contributed by atoms with Crippen LogP contribution in [0.25, 0.3) is 10.9 Å². The van der Waals surface area contributed by atoms with Crippen molar-refractivity contribution in [2.45, 2.75) is 26.3 Å². The van der Waals surface area contributed by atoms with E-state index in [-0.39, 0.29) is 6.42 Å². The minimum atomic E-state index is -1.06. The Morgan fingerprint density at radius 2 is 1.85 bits per heavy atom. The molecule has 0 fully saturated rings. The van der Waals surface area contributed by atoms with E-state index in [1.54, 1.807) is 18.3 Å². The van der Waals surface area contributed by atoms with Gasteiger partial charge in [0, 0.05) is 18.0 Å². The van der Waals surface area contributed by atoms with Crippen LogP contribution < -0.4 is 5.32 Å². The summed E-state index contributed by atoms with van der Waals surface area (Å²) in [6.45, 7) is 3.99. The van der Waals surface area contributed by atoms with Gasteiger partial charge in [-0.1, -0.05) is 36.4 Å². The Morgan fingerprint density at radius 3 is 2.58 bits per heavy atom. The number of fused-ring (bicyclic) bond motifs is 1. The fourth-order valence-electron chi connectivity index (χ4n) is 2.90. The molecule has 26 heavy (non-hydrogen) atoms. The molecule has 0 aliphatic heterocycles. The van der Waals surface area contributed by atoms with Crippen LogP contribution in [-0.4, -0.2) is 28.0 Å². The van der Waals surface area contributed by atoms with E-state index in [0.29, 0.717) is 16.5 Å². The number of aromatic nitrogens is 1. The van der Waals surface area contributed by atoms with Crippen LogP contribution in [0.3, 0.4) is 0 Å². The van der Waals surface area contributed by atoms with Crippen molar-refractivity contribution in [1.29, 1.82) is 0 Å². The largest absolute Gasteiger partial charge is 0.480 e. The SMILES string of the molecule is Cc1ccc(C[C@@H](NC(=O)c2ccnc3ccccc23)C(=O)O)cc1C. The highest BCUT2D eigenvalue weighted by Gasteiger charge is 2.22. The predicted molar refractivity (Wildman–Crippen MR) is 100 cm³/mol. The second-order valence-corrected chi connectivity index (χ2v) is 6.36. The summed E-state index contributed by atoms with van der Waals surface area (Å²) in [4.78, 5) is 28.6. The van der Waals surface area contributed by atoms with E-state index in [1.807, 2.05) is 50.2 Å². The Labute approximate surface area is 151 Å². The molecule has 0 saturated heterocycles. The predicted octanol–water partition coefficient (Wildman–Crippen LogP) is 3.28. The number of hydrogen-bond donors (Lipinski definition) is 2. The number of nitrogens with one attached hydrogen (secondary N) is 1. The van der Waals surface area contributed by atoms with Crippen LogP contribution in [0.15, 0.2) is 54.7 Å². The van der Waals surface area contributed by atoms with Crippen molar-refractivity contribution in [3.05, 3.63) is 77.0 Å². The summed E-state index contributed by atoms with van der Waals surface area (Å²) in [5.74, 6) is -1.48. The van der Waals surface area contributed by atoms with Gasteiger partial charge in [0.2, 0.25) is 0 Å². The molecule has 132 valence electrons. The fourth-order valence-corrected chi connectivity index (χ4v) is 2.90. The number of para-hydroxylation sites is 1. The molecule has 5 nitrogen and oxygen atoms in total. The third kappa shape index (κ3) is 3.72. The van der Waals surface area contributed by atoms with Gasteiger partial charge < -0.3 is 10.4 Å². The van der Waals surface area contributed by atoms with Crippen LogP contribution in [0.1, 0.15) is 27.0 Å². The van der Waals surface area contributed by atoms with Gasteiger partial charge in [0.25, 0.3) is 5.91 Å². The number of rotatable bonds is 5. The number of carboxylic acids is 1. The topological polar surface area (TPSA) is 79.3 Å². The average Bonchev–Trinajstić information content (AvgIpc) is 2.63. The molecular weight excluding hydrogens is 328 g/mol. The average molecular weight is 348 g/mol. The molecule has 3 aromatic rings. The first-order valence-electron chi connectivity index (χ1n) is 8.39. The monoisotopic (exact) mass is 348 g/mol. The van der Waals surface area contributed by atoms with Crippen LogP contribution in [0, 0.1) is 13.8 Å². The molecule has 0 aliphatic rings. The molecule has 0 spiro atoms. The van der Waals surface area contributed by atoms with E-state index < -0.39 is 17.9 Å². The Balaban J connectivity index is 1.84. The number of nitrogens with zero attached hydrogens (tertiary/aromatic N) is 1. The highest BCUT2D eigenvalue weighted by Crippen LogP contribution is 2.17. The van der Waals surface area contributed by atoms with Crippen LogP contribution >= 0.6 is 0 Å². The molecule has 1 atom stereocenters. The Kier molecular flexibility index (Phi) is 4.98. The standard InChI is InChI=1S/C21H20N2O3/c1-13-7-8-15(11-14(13)2)12-19(21(25)26)23-20(24)17-9-10-22-18-6-4-3-5-16(17)18/h3-11,19H,12H2,1-2H3,(H,23,24)(H,25,26)/t19-/m1/s1. The van der Waals surface area contributed by atoms with Crippen molar-refractivity contribution in [1.82, 2.24) is 10.3 Å². The highest BCUT2D eigenvalue weighted by molar-refractivity contribution is 6.06. The van der Waals surface area contributed by atoms with Crippen molar-refractivity contribution >= 4 is 22.8 Å². The summed E-state index contributed by atoms with van der Waals surface area (Å²) in [7, 11) is 0. The number of aliphatic carboxylic acids is 1. The lowest BCUT2D eigenvalue weighted by molar-refractivity contribution is -0.139. The van der Waals surface area contributed by atoms with Crippen molar-refractivity contribution < 1.29 is 14.7 Å². The molecule has 1 heterocycles. The first kappa shape index (κ1) is 17.6. The second kappa shape index (κ2) is 7.35. The van der Waals surface area contributed by atoms with Crippen LogP contribution in [-0.2, 0) is 11.2 Å². The van der Waals surface area contributed by atoms with Gasteiger partial charge in [-0.2, -0.15) is 0 Å². The van der Waals surface area contributed by atoms with E-state index >= 15 is 0 Å². The number of benzene rings is 2. The van der Waals surface area contributed by atoms with Gasteiger partial charge in [-0.3, -0.25) is 9.78 Å². The first-order valence-corrected chi connectivity index (χ1v) is 8.39. The van der Waals surface area contributed by atoms with Gasteiger partial charge in [0.15, 0.2) is 0 Å². The fraction of sp³-hybridized carbons (Fsp3) is 0.190. The Hall–Kier alpha value is -3.21. The van der Waals surface area contributed by atoms with E-state index in [2.05, 4.69) is 10.3 Å². The lowest BCUT2D eigenvalue weighted by atomic mass is 10.0. The zero-order chi connectivity index (χ0) is 18.7. The molecular formula is C21H20N2O3. The zero-order valence-electron chi connectivity index (χ0n) is 14.7. The molecule has 1 amide bonds. The van der Waals surface area contributed by atoms with E-state index in [0.717, 1.165) is 16.7 Å². The summed E-state index contributed by atoms with van der Waals surface area (Å²) >= 11 is 0. The van der Waals surface area contributed by atoms with E-state index in [4.69, 9.17) is 0 Å². The second-order valence-electron chi connectivity index (χ2n) is 6.36. The Bertz CT molecular complexity index is 977. The molecule has 0 aliphatic carbocycles. The maximum absolute atomic E-state index is 12.7. The van der Waals surface area contributed by atoms with Gasteiger partial charge in [0.1, 0.15) is 6.04 Å². The maximum Gasteiger partial charge on any atom is 0.326 e. The number of amides is 1. The van der Waals surface area contributed by atoms with Crippen LogP contribution in [0.5, 0.6) is 0 Å². The zero-order valence-corrected chi connectivity index (χ0v) is 14.7. The molecule has 0 unspecified atom stereocenters. The molecule has 2 aromatic carbocycles. The van der Waals surface area contributed by atoms with Gasteiger partial charge >= 0.3 is 5.97 Å². The molecule has 1 aromatic heterocycles. The number of pyridine rings is 1. The Morgan fingerprint density at radius 1 is 1.08 bits per heavy atom. The van der Waals surface area contributed by atoms with Crippen LogP contribution in [0.2, 0.25) is 0 Å². The number of aryl methyl sites for hydroxylation is 2. The van der Waals surface area contributed by atoms with Crippen molar-refractivity contribution in [3.8, 4) is 0 Å². The third-order valence-electron chi connectivity index (χ3n) is 4.51. The van der Waals surface area contributed by atoms with Crippen molar-refractivity contribution in [3.63, 3.8) is 0 Å². The van der Waals surface area contributed by atoms with E-state index in [9.17, 15) is 14.7 Å². The number of carbonyl (C=O) groups is 2. The summed E-state index contributed by atoms with van der Waals surface area (Å²) in [6.07, 6.45) is 1.78. The first-order chi connectivity index (χ1) is 12.5. The molecule has 0 saturated carbocycles. The van der Waals surface area contributed by atoms with Crippen molar-refractivity contribution in [2.24, 2.45) is 0 Å². The van der Waals surface area contributed by atoms with E-state index in [1.165, 1.54) is 0 Å². The van der Waals surface area contributed by atoms with Gasteiger partial charge in [-0.25, -0.2) is 4.79 Å². The maximum atomic E-state index is 12.7. The van der Waals surface area contributed by atoms with Crippen molar-refractivity contribution in [2.75, 3.05) is 0 Å². The summed E-state index contributed by atoms with van der Waals surface area (Å²) < 4.78 is 0. The number of carbonyl (C=O) groups excluding carboxylic acids is 1. The normalized spacial score (nSPS) is 11.9. The van der Waals surface area contributed by atoms with Gasteiger partial charge in [0.05, 0.1) is 11.1 Å². The van der Waals surface area contributed by atoms with Gasteiger partial charge in [-0.15, -0.1) is 0 Å². The lowest BCUT2D eigenvalue weighted by Crippen LogP contribution is -2.42.